The second-order valence-electron chi connectivity index (χ2n) is 9.16. The Labute approximate surface area is 214 Å². The summed E-state index contributed by atoms with van der Waals surface area (Å²) < 4.78 is 0. The van der Waals surface area contributed by atoms with Gasteiger partial charge in [-0.25, -0.2) is 0 Å². The minimum absolute atomic E-state index is 0. The Morgan fingerprint density at radius 1 is 0.290 bits per heavy atom. The van der Waals surface area contributed by atoms with Crippen molar-refractivity contribution in [2.45, 2.75) is 156 Å². The molecule has 0 unspecified atom stereocenters. The number of unbranched alkanes of at least 4 members (excludes halogenated alkanes) is 16. The quantitative estimate of drug-likeness (QED) is 0.0879. The zero-order valence-corrected chi connectivity index (χ0v) is 25.3. The van der Waals surface area contributed by atoms with Crippen molar-refractivity contribution in [3.8, 4) is 0 Å². The average Bonchev–Trinajstić information content (AvgIpc) is 2.76. The van der Waals surface area contributed by atoms with Crippen LogP contribution < -0.4 is 0 Å². The van der Waals surface area contributed by atoms with E-state index in [1.165, 1.54) is 170 Å². The van der Waals surface area contributed by atoms with E-state index in [0.717, 1.165) is 0 Å². The normalized spacial score (nSPS) is 10.5. The molecule has 0 aliphatic rings. The molecule has 0 aromatic carbocycles. The Kier molecular flexibility index (Phi) is 46.0. The fourth-order valence-corrected chi connectivity index (χ4v) is 6.16. The first-order valence-corrected chi connectivity index (χ1v) is 17.1. The molecule has 193 valence electrons. The maximum absolute atomic E-state index is 2.29. The van der Waals surface area contributed by atoms with Crippen LogP contribution in [-0.2, 0) is 16.8 Å². The number of hydrogen-bond donors (Lipinski definition) is 0. The van der Waals surface area contributed by atoms with Gasteiger partial charge in [-0.2, -0.15) is 0 Å². The van der Waals surface area contributed by atoms with Crippen molar-refractivity contribution in [1.82, 2.24) is 0 Å². The zero-order chi connectivity index (χ0) is 22.4. The van der Waals surface area contributed by atoms with Gasteiger partial charge in [0.2, 0.25) is 0 Å². The van der Waals surface area contributed by atoms with Gasteiger partial charge in [0, 0.05) is 16.8 Å². The molecule has 0 saturated heterocycles. The predicted molar refractivity (Wildman–Crippen MR) is 151 cm³/mol. The summed E-state index contributed by atoms with van der Waals surface area (Å²) in [5, 5.41) is 0. The fourth-order valence-electron chi connectivity index (χ4n) is 3.66. The number of rotatable bonds is 24. The predicted octanol–water partition coefficient (Wildman–Crippen LogP) is 11.2. The number of hydrogen-bond acceptors (Lipinski definition) is 0. The van der Waals surface area contributed by atoms with Crippen LogP contribution in [-0.4, -0.2) is 24.6 Å². The molecule has 31 heavy (non-hydrogen) atoms. The van der Waals surface area contributed by atoms with Crippen LogP contribution in [0.1, 0.15) is 156 Å². The van der Waals surface area contributed by atoms with Gasteiger partial charge in [-0.15, -0.1) is 17.2 Å². The third-order valence-corrected chi connectivity index (χ3v) is 8.66. The van der Waals surface area contributed by atoms with Gasteiger partial charge in [0.1, 0.15) is 0 Å². The molecule has 3 heteroatoms. The average molecular weight is 520 g/mol. The van der Waals surface area contributed by atoms with E-state index in [1.54, 1.807) is 0 Å². The molecule has 0 atom stereocenters. The van der Waals surface area contributed by atoms with Crippen LogP contribution in [0.5, 0.6) is 0 Å². The van der Waals surface area contributed by atoms with Crippen molar-refractivity contribution in [2.75, 3.05) is 24.6 Å². The van der Waals surface area contributed by atoms with Gasteiger partial charge in [0.05, 0.1) is 0 Å². The first-order valence-electron chi connectivity index (χ1n) is 14.2. The first kappa shape index (κ1) is 36.9. The molecule has 0 aromatic rings. The molecule has 0 N–H and O–H groups in total. The van der Waals surface area contributed by atoms with Crippen molar-refractivity contribution >= 4 is 17.2 Å². The first-order chi connectivity index (χ1) is 14.8. The van der Waals surface area contributed by atoms with E-state index < -0.39 is 0 Å². The van der Waals surface area contributed by atoms with Gasteiger partial charge < -0.3 is 0 Å². The van der Waals surface area contributed by atoms with Gasteiger partial charge in [0.25, 0.3) is 0 Å². The van der Waals surface area contributed by atoms with Crippen molar-refractivity contribution in [1.29, 1.82) is 0 Å². The molecule has 0 aromatic heterocycles. The summed E-state index contributed by atoms with van der Waals surface area (Å²) in [6.45, 7) is 9.16. The Balaban J connectivity index is -0.000000490. The van der Waals surface area contributed by atoms with E-state index in [2.05, 4.69) is 27.7 Å². The zero-order valence-electron chi connectivity index (χ0n) is 22.3. The fraction of sp³-hybridized carbons (Fsp3) is 1.00. The van der Waals surface area contributed by atoms with Gasteiger partial charge in [0.15, 0.2) is 0 Å². The topological polar surface area (TPSA) is 0 Å². The van der Waals surface area contributed by atoms with Crippen LogP contribution in [0.4, 0.5) is 0 Å². The van der Waals surface area contributed by atoms with E-state index in [1.807, 2.05) is 0 Å². The Morgan fingerprint density at radius 3 is 0.677 bits per heavy atom. The summed E-state index contributed by atoms with van der Waals surface area (Å²) in [5.41, 5.74) is 0. The molecule has 0 saturated carbocycles. The van der Waals surface area contributed by atoms with E-state index in [9.17, 15) is 0 Å². The minimum Gasteiger partial charge on any atom is -0.122 e. The molecule has 0 heterocycles. The largest absolute Gasteiger partial charge is 0.122 e. The van der Waals surface area contributed by atoms with Crippen LogP contribution in [0.15, 0.2) is 0 Å². The van der Waals surface area contributed by atoms with Crippen molar-refractivity contribution in [2.24, 2.45) is 0 Å². The Bertz CT molecular complexity index is 211. The maximum Gasteiger partial charge on any atom is 0 e. The molecule has 1 radical (unpaired) electrons. The molecular weight excluding hydrogens is 457 g/mol. The van der Waals surface area contributed by atoms with Crippen molar-refractivity contribution in [3.63, 3.8) is 0 Å². The van der Waals surface area contributed by atoms with Crippen molar-refractivity contribution in [3.05, 3.63) is 0 Å². The van der Waals surface area contributed by atoms with Crippen LogP contribution in [0.25, 0.3) is 0 Å². The minimum atomic E-state index is 0. The molecule has 0 aliphatic heterocycles. The molecule has 0 spiro atoms. The van der Waals surface area contributed by atoms with Crippen LogP contribution in [0.3, 0.4) is 0 Å². The summed E-state index contributed by atoms with van der Waals surface area (Å²) in [4.78, 5) is 0. The maximum atomic E-state index is 2.29. The molecule has 0 nitrogen and oxygen atoms in total. The van der Waals surface area contributed by atoms with Crippen LogP contribution >= 0.6 is 17.2 Å². The summed E-state index contributed by atoms with van der Waals surface area (Å²) >= 11 is 0. The smallest absolute Gasteiger partial charge is 0 e. The van der Waals surface area contributed by atoms with E-state index >= 15 is 0 Å². The second kappa shape index (κ2) is 38.6. The molecule has 0 fully saturated rings. The van der Waals surface area contributed by atoms with Crippen molar-refractivity contribution < 1.29 is 16.8 Å². The molecular formula is C28H62CoP2. The van der Waals surface area contributed by atoms with Crippen LogP contribution in [0.2, 0.25) is 0 Å². The molecule has 0 amide bonds. The second-order valence-corrected chi connectivity index (χ2v) is 12.2. The molecule has 0 bridgehead atoms. The summed E-state index contributed by atoms with van der Waals surface area (Å²) in [7, 11) is 2.51. The summed E-state index contributed by atoms with van der Waals surface area (Å²) in [6, 6.07) is 0. The SMILES string of the molecule is CCCCCCCPCCCCCCC.CCCCCCCPCCCCCCC.[Co]. The summed E-state index contributed by atoms with van der Waals surface area (Å²) in [5.74, 6) is 0. The van der Waals surface area contributed by atoms with Gasteiger partial charge in [-0.3, -0.25) is 0 Å². The van der Waals surface area contributed by atoms with E-state index in [4.69, 9.17) is 0 Å². The molecule has 0 aliphatic carbocycles. The summed E-state index contributed by atoms with van der Waals surface area (Å²) in [6.07, 6.45) is 35.1. The third kappa shape index (κ3) is 42.0. The Hall–Kier alpha value is 1.37. The van der Waals surface area contributed by atoms with Gasteiger partial charge >= 0.3 is 0 Å². The molecule has 0 rings (SSSR count). The van der Waals surface area contributed by atoms with Crippen LogP contribution in [0, 0.1) is 0 Å². The van der Waals surface area contributed by atoms with Gasteiger partial charge in [-0.1, -0.05) is 130 Å². The third-order valence-electron chi connectivity index (χ3n) is 5.83. The van der Waals surface area contributed by atoms with E-state index in [0.29, 0.717) is 0 Å². The van der Waals surface area contributed by atoms with E-state index in [-0.39, 0.29) is 16.8 Å². The monoisotopic (exact) mass is 519 g/mol. The standard InChI is InChI=1S/2C14H31P.Co/c2*1-3-5-7-9-11-13-15-14-12-10-8-6-4-2;/h2*15H,3-14H2,1-2H3;. The van der Waals surface area contributed by atoms with Gasteiger partial charge in [-0.05, 0) is 50.3 Å². The Morgan fingerprint density at radius 2 is 0.484 bits per heavy atom.